The Bertz CT molecular complexity index is 460. The van der Waals surface area contributed by atoms with Crippen LogP contribution >= 0.6 is 0 Å². The van der Waals surface area contributed by atoms with Gasteiger partial charge >= 0.3 is 0 Å². The molecule has 0 heterocycles. The summed E-state index contributed by atoms with van der Waals surface area (Å²) in [7, 11) is 3.82. The molecule has 0 radical (unpaired) electrons. The quantitative estimate of drug-likeness (QED) is 0.770. The molecule has 0 aliphatic heterocycles. The molecule has 1 aromatic rings. The Kier molecular flexibility index (Phi) is 5.62. The van der Waals surface area contributed by atoms with Gasteiger partial charge in [-0.1, -0.05) is 11.6 Å². The average Bonchev–Trinajstić information content (AvgIpc) is 3.30. The van der Waals surface area contributed by atoms with Crippen LogP contribution in [0.15, 0.2) is 18.2 Å². The molecule has 2 unspecified atom stereocenters. The molecule has 118 valence electrons. The van der Waals surface area contributed by atoms with Crippen molar-refractivity contribution in [3.05, 3.63) is 29.3 Å². The van der Waals surface area contributed by atoms with Gasteiger partial charge in [-0.05, 0) is 45.9 Å². The molecule has 0 saturated heterocycles. The van der Waals surface area contributed by atoms with Crippen LogP contribution in [0.5, 0.6) is 5.75 Å². The van der Waals surface area contributed by atoms with Crippen molar-refractivity contribution in [1.29, 1.82) is 0 Å². The van der Waals surface area contributed by atoms with Gasteiger partial charge in [0, 0.05) is 30.7 Å². The van der Waals surface area contributed by atoms with Crippen LogP contribution in [0.3, 0.4) is 0 Å². The van der Waals surface area contributed by atoms with E-state index in [1.807, 2.05) is 25.1 Å². The van der Waals surface area contributed by atoms with Crippen molar-refractivity contribution in [1.82, 2.24) is 10.2 Å². The third-order valence-electron chi connectivity index (χ3n) is 4.34. The first-order chi connectivity index (χ1) is 10.0. The zero-order valence-electron chi connectivity index (χ0n) is 13.6. The fraction of sp³-hybridized carbons (Fsp3) is 0.647. The second-order valence-corrected chi connectivity index (χ2v) is 6.17. The second kappa shape index (κ2) is 7.25. The van der Waals surface area contributed by atoms with Crippen LogP contribution in [0, 0.1) is 6.92 Å². The maximum absolute atomic E-state index is 10.4. The highest BCUT2D eigenvalue weighted by Gasteiger charge is 2.28. The van der Waals surface area contributed by atoms with Gasteiger partial charge in [0.15, 0.2) is 0 Å². The Hall–Kier alpha value is -1.10. The number of aliphatic hydroxyl groups is 1. The highest BCUT2D eigenvalue weighted by molar-refractivity contribution is 5.38. The third-order valence-corrected chi connectivity index (χ3v) is 4.34. The lowest BCUT2D eigenvalue weighted by Crippen LogP contribution is -2.40. The van der Waals surface area contributed by atoms with E-state index in [1.165, 1.54) is 12.8 Å². The molecule has 1 aliphatic carbocycles. The topological polar surface area (TPSA) is 44.7 Å². The van der Waals surface area contributed by atoms with Crippen LogP contribution in [0.2, 0.25) is 0 Å². The average molecular weight is 292 g/mol. The Balaban J connectivity index is 1.83. The van der Waals surface area contributed by atoms with Gasteiger partial charge in [0.1, 0.15) is 5.75 Å². The largest absolute Gasteiger partial charge is 0.496 e. The van der Waals surface area contributed by atoms with E-state index >= 15 is 0 Å². The van der Waals surface area contributed by atoms with Crippen molar-refractivity contribution in [2.45, 2.75) is 44.9 Å². The molecule has 2 rings (SSSR count). The van der Waals surface area contributed by atoms with E-state index in [0.717, 1.165) is 29.5 Å². The normalized spacial score (nSPS) is 17.8. The Morgan fingerprint density at radius 1 is 1.38 bits per heavy atom. The molecule has 1 fully saturated rings. The highest BCUT2D eigenvalue weighted by Crippen LogP contribution is 2.27. The summed E-state index contributed by atoms with van der Waals surface area (Å²) in [5, 5.41) is 13.7. The summed E-state index contributed by atoms with van der Waals surface area (Å²) >= 11 is 0. The number of benzene rings is 1. The lowest BCUT2D eigenvalue weighted by atomic mass is 10.1. The van der Waals surface area contributed by atoms with Crippen molar-refractivity contribution in [2.75, 3.05) is 27.2 Å². The summed E-state index contributed by atoms with van der Waals surface area (Å²) in [5.74, 6) is 0.748. The van der Waals surface area contributed by atoms with Gasteiger partial charge in [-0.25, -0.2) is 0 Å². The van der Waals surface area contributed by atoms with Crippen molar-refractivity contribution >= 4 is 0 Å². The molecule has 21 heavy (non-hydrogen) atoms. The van der Waals surface area contributed by atoms with Crippen molar-refractivity contribution < 1.29 is 9.84 Å². The SMILES string of the molecule is COc1ccc(C)cc1C(O)CNCC(C)N(C)C1CC1. The lowest BCUT2D eigenvalue weighted by Gasteiger charge is -2.25. The number of hydrogen-bond donors (Lipinski definition) is 2. The van der Waals surface area contributed by atoms with E-state index in [0.29, 0.717) is 12.6 Å². The molecule has 0 aromatic heterocycles. The molecule has 1 aliphatic rings. The number of ether oxygens (including phenoxy) is 1. The fourth-order valence-electron chi connectivity index (χ4n) is 2.64. The van der Waals surface area contributed by atoms with Crippen LogP contribution in [0.4, 0.5) is 0 Å². The van der Waals surface area contributed by atoms with Crippen molar-refractivity contribution in [3.8, 4) is 5.75 Å². The van der Waals surface area contributed by atoms with Crippen LogP contribution in [0.25, 0.3) is 0 Å². The molecule has 0 bridgehead atoms. The van der Waals surface area contributed by atoms with E-state index < -0.39 is 6.10 Å². The molecular weight excluding hydrogens is 264 g/mol. The number of hydrogen-bond acceptors (Lipinski definition) is 4. The standard InChI is InChI=1S/C17H28N2O2/c1-12-5-8-17(21-4)15(9-12)16(20)11-18-10-13(2)19(3)14-6-7-14/h5,8-9,13-14,16,18,20H,6-7,10-11H2,1-4H3. The van der Waals surface area contributed by atoms with Crippen LogP contribution in [-0.4, -0.2) is 49.3 Å². The van der Waals surface area contributed by atoms with Gasteiger partial charge < -0.3 is 15.2 Å². The summed E-state index contributed by atoms with van der Waals surface area (Å²) in [6.07, 6.45) is 2.10. The number of aliphatic hydroxyl groups excluding tert-OH is 1. The van der Waals surface area contributed by atoms with Gasteiger partial charge in [-0.2, -0.15) is 0 Å². The summed E-state index contributed by atoms with van der Waals surface area (Å²) in [6, 6.07) is 7.16. The first-order valence-electron chi connectivity index (χ1n) is 7.78. The summed E-state index contributed by atoms with van der Waals surface area (Å²) in [5.41, 5.74) is 1.99. The summed E-state index contributed by atoms with van der Waals surface area (Å²) in [6.45, 7) is 5.68. The third kappa shape index (κ3) is 4.43. The Labute approximate surface area is 128 Å². The van der Waals surface area contributed by atoms with E-state index in [9.17, 15) is 5.11 Å². The van der Waals surface area contributed by atoms with Gasteiger partial charge in [-0.15, -0.1) is 0 Å². The van der Waals surface area contributed by atoms with Gasteiger partial charge in [0.25, 0.3) is 0 Å². The maximum atomic E-state index is 10.4. The van der Waals surface area contributed by atoms with Crippen LogP contribution < -0.4 is 10.1 Å². The maximum Gasteiger partial charge on any atom is 0.124 e. The number of nitrogens with zero attached hydrogens (tertiary/aromatic N) is 1. The monoisotopic (exact) mass is 292 g/mol. The summed E-state index contributed by atoms with van der Waals surface area (Å²) < 4.78 is 5.33. The zero-order valence-corrected chi connectivity index (χ0v) is 13.6. The van der Waals surface area contributed by atoms with Crippen LogP contribution in [-0.2, 0) is 0 Å². The second-order valence-electron chi connectivity index (χ2n) is 6.17. The Morgan fingerprint density at radius 2 is 2.10 bits per heavy atom. The van der Waals surface area contributed by atoms with E-state index in [2.05, 4.69) is 24.2 Å². The minimum absolute atomic E-state index is 0.490. The number of nitrogens with one attached hydrogen (secondary N) is 1. The predicted molar refractivity (Wildman–Crippen MR) is 85.8 cm³/mol. The number of likely N-dealkylation sites (N-methyl/N-ethyl adjacent to an activating group) is 1. The predicted octanol–water partition coefficient (Wildman–Crippen LogP) is 2.11. The Morgan fingerprint density at radius 3 is 2.71 bits per heavy atom. The highest BCUT2D eigenvalue weighted by atomic mass is 16.5. The molecule has 1 saturated carbocycles. The first-order valence-corrected chi connectivity index (χ1v) is 7.78. The zero-order chi connectivity index (χ0) is 15.4. The van der Waals surface area contributed by atoms with E-state index in [4.69, 9.17) is 4.74 Å². The number of rotatable bonds is 8. The van der Waals surface area contributed by atoms with Gasteiger partial charge in [-0.3, -0.25) is 4.90 Å². The molecule has 4 nitrogen and oxygen atoms in total. The van der Waals surface area contributed by atoms with E-state index in [-0.39, 0.29) is 0 Å². The molecule has 4 heteroatoms. The lowest BCUT2D eigenvalue weighted by molar-refractivity contribution is 0.163. The van der Waals surface area contributed by atoms with Gasteiger partial charge in [0.05, 0.1) is 13.2 Å². The minimum atomic E-state index is -0.543. The molecule has 2 N–H and O–H groups in total. The molecule has 0 spiro atoms. The van der Waals surface area contributed by atoms with E-state index in [1.54, 1.807) is 7.11 Å². The van der Waals surface area contributed by atoms with Crippen molar-refractivity contribution in [3.63, 3.8) is 0 Å². The van der Waals surface area contributed by atoms with Crippen molar-refractivity contribution in [2.24, 2.45) is 0 Å². The molecular formula is C17H28N2O2. The van der Waals surface area contributed by atoms with Crippen LogP contribution in [0.1, 0.15) is 37.0 Å². The number of aryl methyl sites for hydroxylation is 1. The molecule has 0 amide bonds. The first kappa shape index (κ1) is 16.3. The fourth-order valence-corrected chi connectivity index (χ4v) is 2.64. The number of methoxy groups -OCH3 is 1. The minimum Gasteiger partial charge on any atom is -0.496 e. The molecule has 2 atom stereocenters. The smallest absolute Gasteiger partial charge is 0.124 e. The molecule has 1 aromatic carbocycles. The van der Waals surface area contributed by atoms with Gasteiger partial charge in [0.2, 0.25) is 0 Å². The summed E-state index contributed by atoms with van der Waals surface area (Å²) in [4.78, 5) is 2.42.